The van der Waals surface area contributed by atoms with Crippen molar-refractivity contribution in [2.24, 2.45) is 0 Å². The first kappa shape index (κ1) is 20.7. The molecule has 0 N–H and O–H groups in total. The second-order valence-electron chi connectivity index (χ2n) is 9.70. The van der Waals surface area contributed by atoms with E-state index in [4.69, 9.17) is 9.97 Å². The predicted molar refractivity (Wildman–Crippen MR) is 160 cm³/mol. The van der Waals surface area contributed by atoms with Crippen LogP contribution >= 0.6 is 7.92 Å². The van der Waals surface area contributed by atoms with Crippen LogP contribution in [-0.4, -0.2) is 40.5 Å². The molecule has 4 nitrogen and oxygen atoms in total. The molecule has 5 aromatic rings. The quantitative estimate of drug-likeness (QED) is 0.256. The summed E-state index contributed by atoms with van der Waals surface area (Å²) >= 11 is 0. The Morgan fingerprint density at radius 2 is 1.51 bits per heavy atom. The molecule has 4 aromatic carbocycles. The van der Waals surface area contributed by atoms with Crippen molar-refractivity contribution in [1.29, 1.82) is 0 Å². The second kappa shape index (κ2) is 8.03. The smallest absolute Gasteiger partial charge is 0.244 e. The van der Waals surface area contributed by atoms with Crippen LogP contribution in [-0.2, 0) is 0 Å². The maximum atomic E-state index is 5.13. The van der Waals surface area contributed by atoms with Gasteiger partial charge in [-0.05, 0) is 40.8 Å². The Bertz CT molecular complexity index is 1930. The van der Waals surface area contributed by atoms with E-state index < -0.39 is 7.92 Å². The van der Waals surface area contributed by atoms with Gasteiger partial charge in [0, 0.05) is 16.5 Å². The summed E-state index contributed by atoms with van der Waals surface area (Å²) in [6.07, 6.45) is 11.2. The van der Waals surface area contributed by atoms with Crippen LogP contribution in [0.3, 0.4) is 0 Å². The molecule has 2 atom stereocenters. The largest absolute Gasteiger partial charge is 0.334 e. The van der Waals surface area contributed by atoms with E-state index in [2.05, 4.69) is 100 Å². The van der Waals surface area contributed by atoms with Crippen molar-refractivity contribution in [2.45, 2.75) is 12.1 Å². The standard InChI is InChI=1S/C32H21N4P/c1-3-21-4-2-6-27-30(21)26(5-1)31-32(27)36-29-17-22(9-12-28(29)35-31)20-7-10-23(11-8-20)37(24-13-15-33-18-24)25-14-16-34-19-25/h1-13,15-19,25H,14H2/q+2/p+1. The van der Waals surface area contributed by atoms with Crippen LogP contribution in [0.4, 0.5) is 0 Å². The van der Waals surface area contributed by atoms with Gasteiger partial charge in [0.1, 0.15) is 0 Å². The lowest BCUT2D eigenvalue weighted by molar-refractivity contribution is 1.24. The van der Waals surface area contributed by atoms with Crippen LogP contribution in [0.25, 0.3) is 55.4 Å². The molecular formula is C32H22N4P+3. The fourth-order valence-electron chi connectivity index (χ4n) is 5.82. The van der Waals surface area contributed by atoms with Gasteiger partial charge >= 0.3 is 12.4 Å². The molecule has 0 bridgehead atoms. The highest BCUT2D eigenvalue weighted by Gasteiger charge is 2.41. The monoisotopic (exact) mass is 493 g/mol. The molecule has 5 heteroatoms. The van der Waals surface area contributed by atoms with Gasteiger partial charge in [0.05, 0.1) is 48.1 Å². The van der Waals surface area contributed by atoms with Crippen molar-refractivity contribution >= 4 is 59.9 Å². The number of allylic oxidation sites excluding steroid dienone is 2. The van der Waals surface area contributed by atoms with Crippen LogP contribution in [0.1, 0.15) is 6.42 Å². The number of hydrogen-bond donors (Lipinski definition) is 0. The lowest BCUT2D eigenvalue weighted by Gasteiger charge is -2.11. The fourth-order valence-corrected chi connectivity index (χ4v) is 8.58. The first-order chi connectivity index (χ1) is 18.3. The van der Waals surface area contributed by atoms with Gasteiger partial charge in [-0.15, -0.1) is 4.67 Å². The molecule has 172 valence electrons. The van der Waals surface area contributed by atoms with E-state index in [0.29, 0.717) is 5.66 Å². The van der Waals surface area contributed by atoms with Gasteiger partial charge < -0.3 is 0 Å². The number of benzene rings is 4. The summed E-state index contributed by atoms with van der Waals surface area (Å²) in [4.78, 5) is 10.2. The van der Waals surface area contributed by atoms with Gasteiger partial charge in [0.25, 0.3) is 12.4 Å². The van der Waals surface area contributed by atoms with Gasteiger partial charge in [-0.2, -0.15) is 0 Å². The molecular weight excluding hydrogens is 471 g/mol. The Hall–Kier alpha value is -4.45. The van der Waals surface area contributed by atoms with Crippen molar-refractivity contribution in [1.82, 2.24) is 19.3 Å². The summed E-state index contributed by atoms with van der Waals surface area (Å²) in [7, 11) is -0.983. The highest BCUT2D eigenvalue weighted by molar-refractivity contribution is 7.72. The Morgan fingerprint density at radius 1 is 0.757 bits per heavy atom. The fraction of sp³-hybridized carbons (Fsp3) is 0.0625. The third kappa shape index (κ3) is 3.22. The van der Waals surface area contributed by atoms with E-state index in [0.717, 1.165) is 34.4 Å². The average Bonchev–Trinajstić information content (AvgIpc) is 3.72. The molecule has 0 saturated heterocycles. The minimum Gasteiger partial charge on any atom is -0.244 e. The molecule has 3 heterocycles. The number of fused-ring (bicyclic) bond motifs is 4. The highest BCUT2D eigenvalue weighted by atomic mass is 31.1. The lowest BCUT2D eigenvalue weighted by Crippen LogP contribution is -2.15. The van der Waals surface area contributed by atoms with Crippen molar-refractivity contribution in [3.63, 3.8) is 0 Å². The number of hydrogen-bond acceptors (Lipinski definition) is 2. The number of aromatic nitrogens is 2. The molecule has 8 rings (SSSR count). The Balaban J connectivity index is 1.18. The third-order valence-electron chi connectivity index (χ3n) is 7.57. The molecule has 0 spiro atoms. The van der Waals surface area contributed by atoms with Gasteiger partial charge in [0.15, 0.2) is 11.0 Å². The zero-order chi connectivity index (χ0) is 24.3. The van der Waals surface area contributed by atoms with E-state index in [1.54, 1.807) is 0 Å². The summed E-state index contributed by atoms with van der Waals surface area (Å²) in [5.41, 5.74) is 8.99. The molecule has 0 saturated carbocycles. The summed E-state index contributed by atoms with van der Waals surface area (Å²) < 4.78 is 8.75. The van der Waals surface area contributed by atoms with Crippen LogP contribution in [0.5, 0.6) is 0 Å². The summed E-state index contributed by atoms with van der Waals surface area (Å²) in [6, 6.07) is 28.4. The van der Waals surface area contributed by atoms with E-state index in [-0.39, 0.29) is 0 Å². The van der Waals surface area contributed by atoms with Crippen molar-refractivity contribution < 1.29 is 0 Å². The molecule has 0 radical (unpaired) electrons. The van der Waals surface area contributed by atoms with E-state index in [9.17, 15) is 0 Å². The Kier molecular flexibility index (Phi) is 4.50. The van der Waals surface area contributed by atoms with Crippen LogP contribution in [0.15, 0.2) is 90.3 Å². The molecule has 2 aliphatic heterocycles. The summed E-state index contributed by atoms with van der Waals surface area (Å²) in [5.74, 6) is 0. The molecule has 3 aliphatic rings. The zero-order valence-electron chi connectivity index (χ0n) is 20.0. The maximum Gasteiger partial charge on any atom is 0.334 e. The third-order valence-corrected chi connectivity index (χ3v) is 10.6. The van der Waals surface area contributed by atoms with Gasteiger partial charge in [0.2, 0.25) is 0 Å². The van der Waals surface area contributed by atoms with Crippen LogP contribution in [0.2, 0.25) is 0 Å². The Labute approximate surface area is 215 Å². The minimum absolute atomic E-state index is 0.465. The summed E-state index contributed by atoms with van der Waals surface area (Å²) in [5, 5.41) is 5.22. The van der Waals surface area contributed by atoms with Gasteiger partial charge in [-0.3, -0.25) is 0 Å². The zero-order valence-corrected chi connectivity index (χ0v) is 21.0. The molecule has 37 heavy (non-hydrogen) atoms. The highest BCUT2D eigenvalue weighted by Crippen LogP contribution is 2.49. The second-order valence-corrected chi connectivity index (χ2v) is 12.4. The first-order valence-corrected chi connectivity index (χ1v) is 14.2. The molecule has 0 fully saturated rings. The first-order valence-electron chi connectivity index (χ1n) is 12.6. The van der Waals surface area contributed by atoms with Crippen molar-refractivity contribution in [3.05, 3.63) is 90.3 Å². The lowest BCUT2D eigenvalue weighted by atomic mass is 10.0. The van der Waals surface area contributed by atoms with Crippen molar-refractivity contribution in [3.8, 4) is 33.6 Å². The minimum atomic E-state index is -0.983. The normalized spacial score (nSPS) is 17.2. The SMILES string of the molecule is C1=[N+]=CC([PH+](c2ccc(-c3ccc4nc5c(nc4c3)-c3cccc4cccc-5c34)cc2)C2C=[N+]=CC2)=C1. The summed E-state index contributed by atoms with van der Waals surface area (Å²) in [6.45, 7) is 0. The number of rotatable bonds is 4. The van der Waals surface area contributed by atoms with Crippen molar-refractivity contribution in [2.75, 3.05) is 0 Å². The maximum absolute atomic E-state index is 5.13. The topological polar surface area (TPSA) is 54.0 Å². The van der Waals surface area contributed by atoms with Crippen LogP contribution in [0, 0.1) is 0 Å². The average molecular weight is 494 g/mol. The van der Waals surface area contributed by atoms with E-state index in [1.165, 1.54) is 38.1 Å². The van der Waals surface area contributed by atoms with E-state index >= 15 is 0 Å². The predicted octanol–water partition coefficient (Wildman–Crippen LogP) is 5.02. The van der Waals surface area contributed by atoms with Gasteiger partial charge in [-0.1, -0.05) is 59.3 Å². The number of nitrogens with zero attached hydrogens (tertiary/aromatic N) is 4. The van der Waals surface area contributed by atoms with Gasteiger partial charge in [-0.25, -0.2) is 9.97 Å². The van der Waals surface area contributed by atoms with Crippen LogP contribution < -0.4 is 14.6 Å². The molecule has 0 amide bonds. The molecule has 1 aromatic heterocycles. The molecule has 1 aliphatic carbocycles. The Morgan fingerprint density at radius 3 is 2.22 bits per heavy atom. The van der Waals surface area contributed by atoms with E-state index in [1.807, 2.05) is 18.6 Å². The molecule has 2 unspecified atom stereocenters.